The van der Waals surface area contributed by atoms with E-state index in [1.807, 2.05) is 18.2 Å². The molecule has 136 valence electrons. The molecule has 0 radical (unpaired) electrons. The molecule has 0 bridgehead atoms. The summed E-state index contributed by atoms with van der Waals surface area (Å²) >= 11 is 0. The molecule has 0 aliphatic carbocycles. The van der Waals surface area contributed by atoms with Gasteiger partial charge in [-0.15, -0.1) is 0 Å². The van der Waals surface area contributed by atoms with Crippen molar-refractivity contribution in [3.05, 3.63) is 35.9 Å². The maximum absolute atomic E-state index is 12.3. The molecule has 0 saturated carbocycles. The zero-order valence-electron chi connectivity index (χ0n) is 14.7. The minimum Gasteiger partial charge on any atom is -0.465 e. The van der Waals surface area contributed by atoms with Gasteiger partial charge in [-0.05, 0) is 19.4 Å². The maximum atomic E-state index is 12.3. The number of hydrazone groups is 1. The van der Waals surface area contributed by atoms with Gasteiger partial charge in [-0.25, -0.2) is 10.2 Å². The molecule has 0 aromatic heterocycles. The van der Waals surface area contributed by atoms with Crippen LogP contribution in [0.3, 0.4) is 0 Å². The van der Waals surface area contributed by atoms with E-state index in [4.69, 9.17) is 9.47 Å². The van der Waals surface area contributed by atoms with Crippen molar-refractivity contribution in [2.45, 2.75) is 26.8 Å². The van der Waals surface area contributed by atoms with Crippen LogP contribution in [-0.4, -0.2) is 49.0 Å². The smallest absolute Gasteiger partial charge is 0.427 e. The predicted octanol–water partition coefficient (Wildman–Crippen LogP) is 2.17. The molecular weight excluding hydrogens is 322 g/mol. The maximum Gasteiger partial charge on any atom is 0.427 e. The second-order valence-corrected chi connectivity index (χ2v) is 5.71. The Morgan fingerprint density at radius 3 is 2.60 bits per heavy atom. The Morgan fingerprint density at radius 2 is 1.92 bits per heavy atom. The summed E-state index contributed by atoms with van der Waals surface area (Å²) in [4.78, 5) is 25.9. The summed E-state index contributed by atoms with van der Waals surface area (Å²) in [5.41, 5.74) is 4.16. The van der Waals surface area contributed by atoms with Gasteiger partial charge in [0.25, 0.3) is 0 Å². The summed E-state index contributed by atoms with van der Waals surface area (Å²) in [6, 6.07) is 10.1. The van der Waals surface area contributed by atoms with Crippen LogP contribution in [0.15, 0.2) is 35.4 Å². The number of nitrogens with one attached hydrogen (secondary N) is 1. The number of hydrogen-bond donors (Lipinski definition) is 1. The van der Waals surface area contributed by atoms with Crippen molar-refractivity contribution < 1.29 is 19.1 Å². The third-order valence-electron chi connectivity index (χ3n) is 3.91. The second-order valence-electron chi connectivity index (χ2n) is 5.71. The third kappa shape index (κ3) is 5.86. The SMILES string of the molecule is CCOC(=O)NN=C1CCN(Cc2ccccc2)C[C@H]1C(=O)OCC. The highest BCUT2D eigenvalue weighted by molar-refractivity contribution is 6.03. The summed E-state index contributed by atoms with van der Waals surface area (Å²) in [7, 11) is 0. The van der Waals surface area contributed by atoms with E-state index in [1.165, 1.54) is 5.56 Å². The summed E-state index contributed by atoms with van der Waals surface area (Å²) in [6.07, 6.45) is -0.0350. The van der Waals surface area contributed by atoms with Crippen LogP contribution < -0.4 is 5.43 Å². The predicted molar refractivity (Wildman–Crippen MR) is 94.1 cm³/mol. The summed E-state index contributed by atoms with van der Waals surface area (Å²) in [6.45, 7) is 6.10. The number of ether oxygens (including phenoxy) is 2. The van der Waals surface area contributed by atoms with Crippen LogP contribution in [-0.2, 0) is 20.8 Å². The average molecular weight is 347 g/mol. The fraction of sp³-hybridized carbons (Fsp3) is 0.500. The molecule has 0 unspecified atom stereocenters. The van der Waals surface area contributed by atoms with Crippen molar-refractivity contribution in [1.82, 2.24) is 10.3 Å². The molecule has 1 aromatic carbocycles. The first kappa shape index (κ1) is 18.9. The normalized spacial score (nSPS) is 19.4. The van der Waals surface area contributed by atoms with E-state index in [-0.39, 0.29) is 12.6 Å². The summed E-state index contributed by atoms with van der Waals surface area (Å²) in [5, 5.41) is 4.09. The molecule has 7 heteroatoms. The van der Waals surface area contributed by atoms with Crippen molar-refractivity contribution >= 4 is 17.8 Å². The number of benzene rings is 1. The number of piperidine rings is 1. The van der Waals surface area contributed by atoms with Gasteiger partial charge in [-0.1, -0.05) is 30.3 Å². The van der Waals surface area contributed by atoms with Gasteiger partial charge in [0, 0.05) is 26.1 Å². The van der Waals surface area contributed by atoms with Crippen LogP contribution in [0, 0.1) is 5.92 Å². The van der Waals surface area contributed by atoms with Gasteiger partial charge in [-0.2, -0.15) is 5.10 Å². The highest BCUT2D eigenvalue weighted by Crippen LogP contribution is 2.18. The van der Waals surface area contributed by atoms with Crippen molar-refractivity contribution in [3.8, 4) is 0 Å². The first-order valence-electron chi connectivity index (χ1n) is 8.56. The standard InChI is InChI=1S/C18H25N3O4/c1-3-24-17(22)15-13-21(12-14-8-6-5-7-9-14)11-10-16(15)19-20-18(23)25-4-2/h5-9,15H,3-4,10-13H2,1-2H3,(H,20,23)/t15-/m1/s1. The van der Waals surface area contributed by atoms with Crippen LogP contribution in [0.2, 0.25) is 0 Å². The van der Waals surface area contributed by atoms with Gasteiger partial charge in [-0.3, -0.25) is 9.69 Å². The monoisotopic (exact) mass is 347 g/mol. The second kappa shape index (κ2) is 9.78. The molecule has 1 fully saturated rings. The minimum absolute atomic E-state index is 0.267. The molecular formula is C18H25N3O4. The number of carbonyl (C=O) groups excluding carboxylic acids is 2. The van der Waals surface area contributed by atoms with E-state index in [0.717, 1.165) is 13.1 Å². The van der Waals surface area contributed by atoms with Gasteiger partial charge in [0.15, 0.2) is 0 Å². The third-order valence-corrected chi connectivity index (χ3v) is 3.91. The molecule has 1 aromatic rings. The van der Waals surface area contributed by atoms with E-state index in [9.17, 15) is 9.59 Å². The topological polar surface area (TPSA) is 80.2 Å². The molecule has 1 N–H and O–H groups in total. The molecule has 7 nitrogen and oxygen atoms in total. The fourth-order valence-corrected chi connectivity index (χ4v) is 2.76. The van der Waals surface area contributed by atoms with Crippen LogP contribution in [0.5, 0.6) is 0 Å². The Morgan fingerprint density at radius 1 is 1.20 bits per heavy atom. The van der Waals surface area contributed by atoms with E-state index in [0.29, 0.717) is 25.3 Å². The molecule has 1 amide bonds. The molecule has 1 atom stereocenters. The lowest BCUT2D eigenvalue weighted by molar-refractivity contribution is -0.146. The lowest BCUT2D eigenvalue weighted by Crippen LogP contribution is -2.45. The van der Waals surface area contributed by atoms with Crippen LogP contribution in [0.1, 0.15) is 25.8 Å². The lowest BCUT2D eigenvalue weighted by Gasteiger charge is -2.32. The number of rotatable bonds is 6. The molecule has 1 saturated heterocycles. The first-order valence-corrected chi connectivity index (χ1v) is 8.56. The van der Waals surface area contributed by atoms with E-state index >= 15 is 0 Å². The van der Waals surface area contributed by atoms with Crippen LogP contribution in [0.25, 0.3) is 0 Å². The van der Waals surface area contributed by atoms with Gasteiger partial charge < -0.3 is 9.47 Å². The number of nitrogens with zero attached hydrogens (tertiary/aromatic N) is 2. The van der Waals surface area contributed by atoms with Gasteiger partial charge in [0.2, 0.25) is 0 Å². The zero-order chi connectivity index (χ0) is 18.1. The van der Waals surface area contributed by atoms with Gasteiger partial charge in [0.1, 0.15) is 5.92 Å². The van der Waals surface area contributed by atoms with E-state index in [2.05, 4.69) is 27.6 Å². The molecule has 1 aliphatic heterocycles. The molecule has 25 heavy (non-hydrogen) atoms. The highest BCUT2D eigenvalue weighted by atomic mass is 16.6. The Bertz CT molecular complexity index is 604. The van der Waals surface area contributed by atoms with E-state index < -0.39 is 12.0 Å². The summed E-state index contributed by atoms with van der Waals surface area (Å²) in [5.74, 6) is -0.802. The minimum atomic E-state index is -0.621. The molecule has 1 heterocycles. The van der Waals surface area contributed by atoms with Gasteiger partial charge >= 0.3 is 12.1 Å². The highest BCUT2D eigenvalue weighted by Gasteiger charge is 2.32. The Balaban J connectivity index is 2.04. The van der Waals surface area contributed by atoms with Crippen LogP contribution in [0.4, 0.5) is 4.79 Å². The Kier molecular flexibility index (Phi) is 7.40. The number of esters is 1. The lowest BCUT2D eigenvalue weighted by atomic mass is 9.95. The van der Waals surface area contributed by atoms with Crippen molar-refractivity contribution in [2.75, 3.05) is 26.3 Å². The molecule has 1 aliphatic rings. The van der Waals surface area contributed by atoms with Crippen molar-refractivity contribution in [1.29, 1.82) is 0 Å². The van der Waals surface area contributed by atoms with Gasteiger partial charge in [0.05, 0.1) is 18.9 Å². The Labute approximate surface area is 148 Å². The first-order chi connectivity index (χ1) is 12.1. The number of carbonyl (C=O) groups is 2. The number of amides is 1. The van der Waals surface area contributed by atoms with Crippen molar-refractivity contribution in [2.24, 2.45) is 11.0 Å². The quantitative estimate of drug-likeness (QED) is 0.630. The zero-order valence-corrected chi connectivity index (χ0v) is 14.7. The summed E-state index contributed by atoms with van der Waals surface area (Å²) < 4.78 is 9.97. The fourth-order valence-electron chi connectivity index (χ4n) is 2.76. The van der Waals surface area contributed by atoms with E-state index in [1.54, 1.807) is 13.8 Å². The number of hydrogen-bond acceptors (Lipinski definition) is 6. The molecule has 2 rings (SSSR count). The Hall–Kier alpha value is -2.41. The largest absolute Gasteiger partial charge is 0.465 e. The number of likely N-dealkylation sites (tertiary alicyclic amines) is 1. The average Bonchev–Trinajstić information content (AvgIpc) is 2.62. The van der Waals surface area contributed by atoms with Crippen LogP contribution >= 0.6 is 0 Å². The van der Waals surface area contributed by atoms with Crippen molar-refractivity contribution in [3.63, 3.8) is 0 Å². The molecule has 0 spiro atoms.